The van der Waals surface area contributed by atoms with E-state index in [-0.39, 0.29) is 36.6 Å². The molecule has 0 bridgehead atoms. The van der Waals surface area contributed by atoms with Crippen molar-refractivity contribution in [3.05, 3.63) is 353 Å². The van der Waals surface area contributed by atoms with Crippen molar-refractivity contribution < 1.29 is 83.3 Å². The van der Waals surface area contributed by atoms with E-state index in [2.05, 4.69) is 97.0 Å². The molecule has 5 atom stereocenters. The predicted molar refractivity (Wildman–Crippen MR) is 510 cm³/mol. The van der Waals surface area contributed by atoms with Gasteiger partial charge >= 0.3 is 36.6 Å². The van der Waals surface area contributed by atoms with Gasteiger partial charge in [-0.15, -0.1) is 0 Å². The van der Waals surface area contributed by atoms with Crippen molar-refractivity contribution in [2.45, 2.75) is 95.7 Å². The van der Waals surface area contributed by atoms with E-state index in [1.807, 2.05) is 97.9 Å². The molecule has 5 N–H and O–H groups in total. The van der Waals surface area contributed by atoms with Gasteiger partial charge in [0.05, 0.1) is 44.5 Å². The number of H-pyrrole nitrogens is 5. The lowest BCUT2D eigenvalue weighted by Crippen LogP contribution is -2.41. The van der Waals surface area contributed by atoms with Crippen LogP contribution in [0, 0.1) is 33.4 Å². The summed E-state index contributed by atoms with van der Waals surface area (Å²) in [6.07, 6.45) is -2.63. The average molecular weight is 2080 g/mol. The Morgan fingerprint density at radius 2 is 0.741 bits per heavy atom. The van der Waals surface area contributed by atoms with E-state index in [1.54, 1.807) is 41.8 Å². The van der Waals surface area contributed by atoms with Gasteiger partial charge in [-0.25, -0.2) is 41.5 Å². The quantitative estimate of drug-likeness (QED) is 0.0370. The minimum Gasteiger partial charge on any atom is -0.453 e. The van der Waals surface area contributed by atoms with Gasteiger partial charge < -0.3 is 48.6 Å². The zero-order chi connectivity index (χ0) is 95.5. The number of nitrogens with one attached hydrogen (secondary N) is 5. The molecule has 5 aliphatic heterocycles. The summed E-state index contributed by atoms with van der Waals surface area (Å²) in [6, 6.07) is 54.6. The van der Waals surface area contributed by atoms with Crippen LogP contribution in [0.2, 0.25) is 10.0 Å². The number of nitro groups is 1. The number of fused-ring (bicyclic) bond motifs is 15. The first-order chi connectivity index (χ1) is 64.9. The Morgan fingerprint density at radius 1 is 0.400 bits per heavy atom. The van der Waals surface area contributed by atoms with Crippen LogP contribution in [0.1, 0.15) is 147 Å². The molecule has 35 heteroatoms. The molecule has 0 saturated carbocycles. The molecule has 10 heterocycles. The number of aromatic amines is 5. The monoisotopic (exact) mass is 2070 g/mol. The fourth-order valence-electron chi connectivity index (χ4n) is 18.6. The van der Waals surface area contributed by atoms with E-state index >= 15 is 0 Å². The first kappa shape index (κ1) is 95.3. The highest BCUT2D eigenvalue weighted by Gasteiger charge is 2.43. The molecule has 23 nitrogen and oxygen atoms in total. The number of methoxy groups -OCH3 is 2. The molecular formula is C100H87Br3Cl2F7N11O12. The molecule has 5 unspecified atom stereocenters. The van der Waals surface area contributed by atoms with Crippen molar-refractivity contribution in [3.8, 4) is 0 Å². The van der Waals surface area contributed by atoms with Crippen LogP contribution in [0.4, 0.5) is 60.4 Å². The van der Waals surface area contributed by atoms with Gasteiger partial charge in [0.1, 0.15) is 53.5 Å². The number of benzene rings is 10. The first-order valence-corrected chi connectivity index (χ1v) is 46.4. The average Bonchev–Trinajstić information content (AvgIpc) is 1.63. The third-order valence-corrected chi connectivity index (χ3v) is 26.4. The molecule has 0 saturated heterocycles. The Morgan fingerprint density at radius 3 is 1.10 bits per heavy atom. The second kappa shape index (κ2) is 40.8. The van der Waals surface area contributed by atoms with Crippen LogP contribution in [0.25, 0.3) is 54.5 Å². The van der Waals surface area contributed by atoms with E-state index in [0.29, 0.717) is 86.2 Å². The van der Waals surface area contributed by atoms with E-state index in [9.17, 15) is 64.8 Å². The third kappa shape index (κ3) is 19.9. The maximum atomic E-state index is 14.6. The number of carbonyl (C=O) groups excluding carboxylic acids is 5. The molecule has 698 valence electrons. The van der Waals surface area contributed by atoms with Crippen molar-refractivity contribution in [2.24, 2.45) is 0 Å². The summed E-state index contributed by atoms with van der Waals surface area (Å²) in [5.41, 5.74) is 16.7. The molecule has 5 aromatic heterocycles. The number of carbonyl (C=O) groups is 5. The Hall–Kier alpha value is -12.8. The molecule has 0 fully saturated rings. The highest BCUT2D eigenvalue weighted by molar-refractivity contribution is 9.11. The standard InChI is InChI=1S/C21H20ClN3O4.2C20H17BrF2N2O2.C20H16ClF3N2O2.C19H17BrN2O2/c1-2-11-29-21(26)24-10-9-16-17-12-14(22)5-8-18(17)23-19(16)20(24)13-3-6-15(7-4-13)25(27)28;1-2-27-20(26)25-8-7-13-15-9-11(21)3-6-17(15)24-18(13)19(25)14-5-4-12(22)10-16(14)23;1-2-27-20(26)25-6-5-15-16-9-12(21)3-4-17(16)24-18(15)19(25)11-7-13(22)10-14(23)8-11;1-28-19(27)26-9-8-14-15-10-13(21)6-7-16(15)25-17(14)18(26)11-2-4-12(5-3-11)20(22,23)24;1-24-19(23)22-10-9-14-15-11-13(20)7-8-16(15)21-17(14)18(22)12-5-3-2-4-6-12/h3-8,12,20,23H,2,9-11H2,1H3;3-6,9-10,19,24H,2,7-8H2,1H3;3-4,7-10,19,24H,2,5-6H2,1H3;2-7,10,18,25H,8-9H2,1H3;2-8,11,18,21H,9-10H2,1H3. The maximum absolute atomic E-state index is 14.6. The number of alkyl halides is 3. The Labute approximate surface area is 804 Å². The number of amides is 5. The van der Waals surface area contributed by atoms with E-state index in [0.717, 1.165) is 162 Å². The minimum atomic E-state index is -4.42. The van der Waals surface area contributed by atoms with Crippen LogP contribution in [0.5, 0.6) is 0 Å². The van der Waals surface area contributed by atoms with Crippen molar-refractivity contribution in [1.29, 1.82) is 0 Å². The second-order valence-electron chi connectivity index (χ2n) is 32.5. The van der Waals surface area contributed by atoms with Gasteiger partial charge in [-0.2, -0.15) is 13.2 Å². The number of rotatable bonds is 10. The second-order valence-corrected chi connectivity index (χ2v) is 36.1. The number of ether oxygens (including phenoxy) is 5. The molecule has 5 amide bonds. The summed E-state index contributed by atoms with van der Waals surface area (Å²) < 4.78 is 123. The number of hydrogen-bond donors (Lipinski definition) is 5. The molecule has 20 rings (SSSR count). The molecule has 0 spiro atoms. The van der Waals surface area contributed by atoms with Crippen molar-refractivity contribution in [1.82, 2.24) is 49.4 Å². The topological polar surface area (TPSA) is 270 Å². The zero-order valence-corrected chi connectivity index (χ0v) is 79.3. The van der Waals surface area contributed by atoms with Gasteiger partial charge in [0.25, 0.3) is 5.69 Å². The molecule has 15 aromatic rings. The van der Waals surface area contributed by atoms with Crippen LogP contribution < -0.4 is 0 Å². The number of nitro benzene ring substituents is 1. The SMILES string of the molecule is CCCOC(=O)N1CCc2c([nH]c3ccc(Cl)cc23)C1c1ccc([N+](=O)[O-])cc1.CCOC(=O)N1CCc2c([nH]c3ccc(Br)cc23)C1c1cc(F)cc(F)c1.CCOC(=O)N1CCc2c([nH]c3ccc(Br)cc23)C1c1ccc(F)cc1F.COC(=O)N1CCc2c([nH]c3ccc(Br)cc23)C1c1ccccc1.COC(=O)N1CCc2c([nH]c3ccc(Cl)cc23)C1c1ccc(C(F)(F)F)cc1. The Bertz CT molecular complexity index is 7000. The highest BCUT2D eigenvalue weighted by atomic mass is 79.9. The number of hydrogen-bond acceptors (Lipinski definition) is 12. The van der Waals surface area contributed by atoms with E-state index in [1.165, 1.54) is 88.4 Å². The van der Waals surface area contributed by atoms with Crippen molar-refractivity contribution in [3.63, 3.8) is 0 Å². The van der Waals surface area contributed by atoms with Crippen LogP contribution in [0.3, 0.4) is 0 Å². The summed E-state index contributed by atoms with van der Waals surface area (Å²) in [7, 11) is 2.72. The highest BCUT2D eigenvalue weighted by Crippen LogP contribution is 2.47. The summed E-state index contributed by atoms with van der Waals surface area (Å²) in [5.74, 6) is -2.71. The van der Waals surface area contributed by atoms with Gasteiger partial charge in [0.15, 0.2) is 0 Å². The lowest BCUT2D eigenvalue weighted by atomic mass is 9.92. The van der Waals surface area contributed by atoms with Crippen LogP contribution in [-0.2, 0) is 62.0 Å². The normalized spacial score (nSPS) is 16.5. The minimum absolute atomic E-state index is 0.00770. The van der Waals surface area contributed by atoms with Gasteiger partial charge in [0, 0.05) is 169 Å². The van der Waals surface area contributed by atoms with E-state index in [4.69, 9.17) is 46.9 Å². The van der Waals surface area contributed by atoms with Crippen LogP contribution in [0.15, 0.2) is 220 Å². The zero-order valence-electron chi connectivity index (χ0n) is 73.0. The van der Waals surface area contributed by atoms with E-state index < -0.39 is 88.5 Å². The van der Waals surface area contributed by atoms with Gasteiger partial charge in [-0.3, -0.25) is 34.6 Å². The van der Waals surface area contributed by atoms with Gasteiger partial charge in [-0.1, -0.05) is 126 Å². The Balaban J connectivity index is 0.000000123. The maximum Gasteiger partial charge on any atom is 0.416 e. The molecule has 0 aliphatic carbocycles. The molecular weight excluding hydrogens is 1990 g/mol. The van der Waals surface area contributed by atoms with Gasteiger partial charge in [0.2, 0.25) is 0 Å². The van der Waals surface area contributed by atoms with Crippen LogP contribution in [-0.4, -0.2) is 152 Å². The van der Waals surface area contributed by atoms with Gasteiger partial charge in [-0.05, 0) is 236 Å². The number of nitrogens with zero attached hydrogens (tertiary/aromatic N) is 6. The summed E-state index contributed by atoms with van der Waals surface area (Å²) in [5, 5.41) is 17.5. The summed E-state index contributed by atoms with van der Waals surface area (Å²) in [6.45, 7) is 8.47. The number of non-ortho nitro benzene ring substituents is 1. The lowest BCUT2D eigenvalue weighted by molar-refractivity contribution is -0.384. The first-order valence-electron chi connectivity index (χ1n) is 43.3. The fourth-order valence-corrected chi connectivity index (χ4v) is 20.1. The summed E-state index contributed by atoms with van der Waals surface area (Å²) >= 11 is 22.8. The molecule has 10 aromatic carbocycles. The largest absolute Gasteiger partial charge is 0.453 e. The predicted octanol–water partition coefficient (Wildman–Crippen LogP) is 26.0. The number of aromatic nitrogens is 5. The lowest BCUT2D eigenvalue weighted by Gasteiger charge is -2.35. The smallest absolute Gasteiger partial charge is 0.416 e. The third-order valence-electron chi connectivity index (χ3n) is 24.5. The molecule has 0 radical (unpaired) electrons. The fraction of sp³-hybridized carbons (Fsp3) is 0.250. The molecule has 135 heavy (non-hydrogen) atoms. The number of halogens is 12. The Kier molecular flexibility index (Phi) is 28.8. The van der Waals surface area contributed by atoms with Crippen molar-refractivity contribution in [2.75, 3.05) is 66.8 Å². The van der Waals surface area contributed by atoms with Crippen LogP contribution >= 0.6 is 71.0 Å². The van der Waals surface area contributed by atoms with Crippen molar-refractivity contribution >= 4 is 162 Å². The summed E-state index contributed by atoms with van der Waals surface area (Å²) in [4.78, 5) is 98.0. The molecule has 5 aliphatic rings.